The number of nitrogens with two attached hydrogens (primary N) is 1. The predicted octanol–water partition coefficient (Wildman–Crippen LogP) is 2.53. The number of halogens is 5. The van der Waals surface area contributed by atoms with Crippen LogP contribution in [0.15, 0.2) is 18.2 Å². The van der Waals surface area contributed by atoms with Gasteiger partial charge in [-0.1, -0.05) is 12.1 Å². The molecule has 0 aromatic heterocycles. The Morgan fingerprint density at radius 2 is 1.95 bits per heavy atom. The molecule has 0 spiro atoms. The minimum atomic E-state index is -4.87. The number of rotatable bonds is 1. The second-order valence-electron chi connectivity index (χ2n) is 4.91. The van der Waals surface area contributed by atoms with Crippen LogP contribution in [0.25, 0.3) is 0 Å². The third-order valence-corrected chi connectivity index (χ3v) is 3.58. The highest BCUT2D eigenvalue weighted by Gasteiger charge is 2.46. The van der Waals surface area contributed by atoms with E-state index in [9.17, 15) is 27.5 Å². The zero-order valence-corrected chi connectivity index (χ0v) is 11.6. The highest BCUT2D eigenvalue weighted by molar-refractivity contribution is 5.93. The number of hydrogen-bond acceptors (Lipinski definition) is 3. The lowest BCUT2D eigenvalue weighted by atomic mass is 9.74. The molecular weight excluding hydrogens is 314 g/mol. The van der Waals surface area contributed by atoms with Gasteiger partial charge in [0.05, 0.1) is 5.56 Å². The zero-order valence-electron chi connectivity index (χ0n) is 10.8. The fourth-order valence-corrected chi connectivity index (χ4v) is 2.49. The van der Waals surface area contributed by atoms with Crippen molar-refractivity contribution in [1.29, 1.82) is 0 Å². The molecule has 21 heavy (non-hydrogen) atoms. The summed E-state index contributed by atoms with van der Waals surface area (Å²) in [4.78, 5) is 11.9. The Balaban J connectivity index is 0.00000220. The maximum Gasteiger partial charge on any atom is 0.419 e. The van der Waals surface area contributed by atoms with Crippen LogP contribution in [-0.2, 0) is 16.5 Å². The first-order chi connectivity index (χ1) is 9.18. The molecule has 0 bridgehead atoms. The monoisotopic (exact) mass is 327 g/mol. The van der Waals surface area contributed by atoms with E-state index in [4.69, 9.17) is 5.73 Å². The van der Waals surface area contributed by atoms with Gasteiger partial charge in [0.15, 0.2) is 5.78 Å². The van der Waals surface area contributed by atoms with Crippen LogP contribution in [0.3, 0.4) is 0 Å². The van der Waals surface area contributed by atoms with Gasteiger partial charge in [0.1, 0.15) is 17.5 Å². The molecule has 3 nitrogen and oxygen atoms in total. The van der Waals surface area contributed by atoms with Crippen LogP contribution in [0.5, 0.6) is 0 Å². The van der Waals surface area contributed by atoms with Crippen LogP contribution in [0.1, 0.15) is 30.4 Å². The maximum absolute atomic E-state index is 14.1. The number of Topliss-reactive ketones (excluding diaryl/α,β-unsaturated/α-hetero) is 1. The number of ketones is 1. The summed E-state index contributed by atoms with van der Waals surface area (Å²) in [5, 5.41) is 9.52. The highest BCUT2D eigenvalue weighted by atomic mass is 35.5. The van der Waals surface area contributed by atoms with Crippen LogP contribution >= 0.6 is 12.4 Å². The van der Waals surface area contributed by atoms with Gasteiger partial charge in [0.2, 0.25) is 0 Å². The molecule has 0 radical (unpaired) electrons. The number of alkyl halides is 3. The van der Waals surface area contributed by atoms with Crippen LogP contribution < -0.4 is 5.73 Å². The first kappa shape index (κ1) is 17.9. The van der Waals surface area contributed by atoms with Crippen molar-refractivity contribution in [3.63, 3.8) is 0 Å². The summed E-state index contributed by atoms with van der Waals surface area (Å²) in [6, 6.07) is 2.65. The second kappa shape index (κ2) is 5.90. The Morgan fingerprint density at radius 3 is 2.52 bits per heavy atom. The summed E-state index contributed by atoms with van der Waals surface area (Å²) >= 11 is 0. The van der Waals surface area contributed by atoms with Crippen molar-refractivity contribution in [1.82, 2.24) is 0 Å². The second-order valence-corrected chi connectivity index (χ2v) is 4.91. The van der Waals surface area contributed by atoms with E-state index in [2.05, 4.69) is 0 Å². The molecule has 0 amide bonds. The van der Waals surface area contributed by atoms with E-state index in [-0.39, 0.29) is 25.2 Å². The topological polar surface area (TPSA) is 63.3 Å². The lowest BCUT2D eigenvalue weighted by Gasteiger charge is -2.35. The van der Waals surface area contributed by atoms with Crippen molar-refractivity contribution < 1.29 is 27.5 Å². The molecule has 0 heterocycles. The first-order valence-electron chi connectivity index (χ1n) is 6.05. The summed E-state index contributed by atoms with van der Waals surface area (Å²) < 4.78 is 52.1. The van der Waals surface area contributed by atoms with E-state index < -0.39 is 40.5 Å². The molecule has 2 atom stereocenters. The van der Waals surface area contributed by atoms with Gasteiger partial charge in [-0.3, -0.25) is 4.79 Å². The molecule has 1 fully saturated rings. The lowest BCUT2D eigenvalue weighted by Crippen LogP contribution is -2.53. The molecular formula is C13H14ClF4NO2. The number of aliphatic hydroxyl groups is 1. The average Bonchev–Trinajstić information content (AvgIpc) is 2.34. The largest absolute Gasteiger partial charge is 0.419 e. The molecule has 1 aliphatic rings. The van der Waals surface area contributed by atoms with E-state index in [0.717, 1.165) is 12.1 Å². The molecule has 0 saturated heterocycles. The maximum atomic E-state index is 14.1. The SMILES string of the molecule is Cl.NC1(c2cccc(C(F)(F)F)c2F)CCCC(O)C1=O. The number of carbonyl (C=O) groups is 1. The number of hydrogen-bond donors (Lipinski definition) is 2. The summed E-state index contributed by atoms with van der Waals surface area (Å²) in [5.41, 5.74) is 1.91. The fourth-order valence-electron chi connectivity index (χ4n) is 2.49. The minimum Gasteiger partial charge on any atom is -0.385 e. The van der Waals surface area contributed by atoms with E-state index in [1.807, 2.05) is 0 Å². The van der Waals surface area contributed by atoms with Crippen molar-refractivity contribution >= 4 is 18.2 Å². The third kappa shape index (κ3) is 3.04. The van der Waals surface area contributed by atoms with Gasteiger partial charge in [0, 0.05) is 5.56 Å². The van der Waals surface area contributed by atoms with Crippen LogP contribution in [0, 0.1) is 5.82 Å². The molecule has 2 rings (SSSR count). The van der Waals surface area contributed by atoms with Gasteiger partial charge in [-0.2, -0.15) is 13.2 Å². The molecule has 118 valence electrons. The Morgan fingerprint density at radius 1 is 1.33 bits per heavy atom. The Kier molecular flexibility index (Phi) is 5.02. The predicted molar refractivity (Wildman–Crippen MR) is 69.4 cm³/mol. The Hall–Kier alpha value is -1.18. The van der Waals surface area contributed by atoms with Crippen molar-refractivity contribution in [3.8, 4) is 0 Å². The summed E-state index contributed by atoms with van der Waals surface area (Å²) in [6.07, 6.45) is -5.73. The minimum absolute atomic E-state index is 0. The molecule has 2 unspecified atom stereocenters. The smallest absolute Gasteiger partial charge is 0.385 e. The fraction of sp³-hybridized carbons (Fsp3) is 0.462. The van der Waals surface area contributed by atoms with E-state index in [1.54, 1.807) is 0 Å². The summed E-state index contributed by atoms with van der Waals surface area (Å²) in [7, 11) is 0. The van der Waals surface area contributed by atoms with Gasteiger partial charge >= 0.3 is 6.18 Å². The lowest BCUT2D eigenvalue weighted by molar-refractivity contribution is -0.141. The standard InChI is InChI=1S/C13H13F4NO2.ClH/c14-10-7(3-1-4-8(10)13(15,16)17)12(18)6-2-5-9(19)11(12)20;/h1,3-4,9,19H,2,5-6,18H2;1H. The van der Waals surface area contributed by atoms with Crippen molar-refractivity contribution in [2.45, 2.75) is 37.1 Å². The van der Waals surface area contributed by atoms with Gasteiger partial charge in [-0.25, -0.2) is 4.39 Å². The normalized spacial score (nSPS) is 26.4. The molecule has 0 aliphatic heterocycles. The molecule has 3 N–H and O–H groups in total. The van der Waals surface area contributed by atoms with Gasteiger partial charge in [0.25, 0.3) is 0 Å². The first-order valence-corrected chi connectivity index (χ1v) is 6.05. The molecule has 1 aliphatic carbocycles. The Bertz CT molecular complexity index is 549. The number of carbonyl (C=O) groups excluding carboxylic acids is 1. The molecule has 1 aromatic rings. The Labute approximate surface area is 124 Å². The zero-order chi connectivity index (χ0) is 15.1. The van der Waals surface area contributed by atoms with Crippen LogP contribution in [0.4, 0.5) is 17.6 Å². The van der Waals surface area contributed by atoms with Crippen LogP contribution in [-0.4, -0.2) is 17.0 Å². The van der Waals surface area contributed by atoms with Crippen molar-refractivity contribution in [3.05, 3.63) is 35.1 Å². The molecule has 1 aromatic carbocycles. The molecule has 1 saturated carbocycles. The average molecular weight is 328 g/mol. The quantitative estimate of drug-likeness (QED) is 0.779. The van der Waals surface area contributed by atoms with Gasteiger partial charge in [-0.15, -0.1) is 12.4 Å². The van der Waals surface area contributed by atoms with Gasteiger partial charge < -0.3 is 10.8 Å². The highest BCUT2D eigenvalue weighted by Crippen LogP contribution is 2.38. The van der Waals surface area contributed by atoms with Crippen LogP contribution in [0.2, 0.25) is 0 Å². The van der Waals surface area contributed by atoms with Crippen molar-refractivity contribution in [2.75, 3.05) is 0 Å². The summed E-state index contributed by atoms with van der Waals surface area (Å²) in [5.74, 6) is -2.40. The van der Waals surface area contributed by atoms with Gasteiger partial charge in [-0.05, 0) is 25.3 Å². The van der Waals surface area contributed by atoms with E-state index in [1.165, 1.54) is 0 Å². The number of benzene rings is 1. The molecule has 8 heteroatoms. The summed E-state index contributed by atoms with van der Waals surface area (Å²) in [6.45, 7) is 0. The van der Waals surface area contributed by atoms with Crippen molar-refractivity contribution in [2.24, 2.45) is 5.73 Å². The van der Waals surface area contributed by atoms with E-state index in [0.29, 0.717) is 12.5 Å². The third-order valence-electron chi connectivity index (χ3n) is 3.58. The van der Waals surface area contributed by atoms with E-state index >= 15 is 0 Å². The number of aliphatic hydroxyl groups excluding tert-OH is 1.